The molecule has 0 aliphatic rings. The lowest BCUT2D eigenvalue weighted by atomic mass is 10.0. The lowest BCUT2D eigenvalue weighted by molar-refractivity contribution is -0.123. The minimum atomic E-state index is -0.658. The lowest BCUT2D eigenvalue weighted by Gasteiger charge is -2.22. The zero-order valence-corrected chi connectivity index (χ0v) is 44.7. The maximum atomic E-state index is 12.5. The molecule has 0 bridgehead atoms. The average molecular weight is 925 g/mol. The first-order chi connectivity index (χ1) is 32.7. The highest BCUT2D eigenvalue weighted by atomic mass is 16.3. The number of allylic oxidation sites excluding steroid dienone is 8. The Morgan fingerprint density at radius 1 is 0.379 bits per heavy atom. The number of aliphatic hydroxyl groups is 2. The molecule has 2 atom stereocenters. The third-order valence-corrected chi connectivity index (χ3v) is 13.9. The van der Waals surface area contributed by atoms with E-state index in [0.29, 0.717) is 12.8 Å². The van der Waals surface area contributed by atoms with Gasteiger partial charge in [0.1, 0.15) is 0 Å². The fourth-order valence-corrected chi connectivity index (χ4v) is 9.36. The van der Waals surface area contributed by atoms with E-state index in [1.807, 2.05) is 0 Å². The molecule has 1 amide bonds. The predicted molar refractivity (Wildman–Crippen MR) is 295 cm³/mol. The summed E-state index contributed by atoms with van der Waals surface area (Å²) in [4.78, 5) is 12.5. The summed E-state index contributed by atoms with van der Waals surface area (Å²) < 4.78 is 0. The van der Waals surface area contributed by atoms with Crippen LogP contribution in [0.25, 0.3) is 0 Å². The maximum absolute atomic E-state index is 12.5. The molecule has 0 saturated heterocycles. The van der Waals surface area contributed by atoms with Gasteiger partial charge in [0, 0.05) is 6.42 Å². The molecule has 0 fully saturated rings. The second-order valence-corrected chi connectivity index (χ2v) is 20.4. The van der Waals surface area contributed by atoms with E-state index in [4.69, 9.17) is 0 Å². The zero-order chi connectivity index (χ0) is 47.7. The van der Waals surface area contributed by atoms with E-state index >= 15 is 0 Å². The molecule has 0 aromatic heterocycles. The van der Waals surface area contributed by atoms with E-state index in [0.717, 1.165) is 51.4 Å². The Hall–Kier alpha value is -1.65. The van der Waals surface area contributed by atoms with Crippen molar-refractivity contribution >= 4 is 5.91 Å². The summed E-state index contributed by atoms with van der Waals surface area (Å²) in [5.74, 6) is -0.0253. The number of carbonyl (C=O) groups excluding carboxylic acids is 1. The number of hydrogen-bond donors (Lipinski definition) is 3. The molecule has 0 heterocycles. The molecule has 0 aromatic carbocycles. The second kappa shape index (κ2) is 57.7. The Morgan fingerprint density at radius 3 is 1.00 bits per heavy atom. The Bertz CT molecular complexity index is 1050. The van der Waals surface area contributed by atoms with Crippen LogP contribution >= 0.6 is 0 Å². The number of nitrogens with one attached hydrogen (secondary N) is 1. The minimum Gasteiger partial charge on any atom is -0.394 e. The number of hydrogen-bond acceptors (Lipinski definition) is 3. The summed E-state index contributed by atoms with van der Waals surface area (Å²) in [6, 6.07) is -0.534. The minimum absolute atomic E-state index is 0.0253. The molecule has 2 unspecified atom stereocenters. The van der Waals surface area contributed by atoms with E-state index in [2.05, 4.69) is 67.8 Å². The van der Waals surface area contributed by atoms with Crippen molar-refractivity contribution in [1.29, 1.82) is 0 Å². The van der Waals surface area contributed by atoms with E-state index in [-0.39, 0.29) is 12.5 Å². The van der Waals surface area contributed by atoms with E-state index in [9.17, 15) is 15.0 Å². The first-order valence-corrected chi connectivity index (χ1v) is 29.8. The van der Waals surface area contributed by atoms with Crippen molar-refractivity contribution in [1.82, 2.24) is 5.32 Å². The van der Waals surface area contributed by atoms with Gasteiger partial charge < -0.3 is 15.5 Å². The standard InChI is InChI=1S/C62H117NO3/c1-3-5-7-9-11-13-15-17-19-21-22-23-24-25-26-27-28-29-30-31-32-33-34-35-36-37-38-39-40-42-44-46-48-50-52-54-56-58-62(66)63-60(59-64)61(65)57-55-53-51-49-47-45-43-41-20-18-16-14-12-10-8-6-4-2/h5,7,11,13,17,19,22-23,60-61,64-65H,3-4,6,8-10,12,14-16,18,20-21,24-59H2,1-2H3,(H,63,66)/b7-5-,13-11-,19-17-,23-22-. The third-order valence-electron chi connectivity index (χ3n) is 13.9. The van der Waals surface area contributed by atoms with Crippen LogP contribution in [0.5, 0.6) is 0 Å². The van der Waals surface area contributed by atoms with E-state index in [1.165, 1.54) is 244 Å². The fraction of sp³-hybridized carbons (Fsp3) is 0.855. The Morgan fingerprint density at radius 2 is 0.667 bits per heavy atom. The molecule has 0 saturated carbocycles. The van der Waals surface area contributed by atoms with Gasteiger partial charge in [-0.3, -0.25) is 4.79 Å². The number of amides is 1. The normalized spacial score (nSPS) is 13.1. The molecule has 0 aromatic rings. The zero-order valence-electron chi connectivity index (χ0n) is 44.7. The second-order valence-electron chi connectivity index (χ2n) is 20.4. The van der Waals surface area contributed by atoms with Crippen LogP contribution in [0.1, 0.15) is 322 Å². The highest BCUT2D eigenvalue weighted by Crippen LogP contribution is 2.18. The fourth-order valence-electron chi connectivity index (χ4n) is 9.36. The molecule has 4 heteroatoms. The van der Waals surface area contributed by atoms with Crippen molar-refractivity contribution in [3.63, 3.8) is 0 Å². The van der Waals surface area contributed by atoms with Crippen LogP contribution in [0.4, 0.5) is 0 Å². The molecular formula is C62H117NO3. The smallest absolute Gasteiger partial charge is 0.220 e. The number of unbranched alkanes of at least 4 members (excludes halogenated alkanes) is 40. The summed E-state index contributed by atoms with van der Waals surface area (Å²) in [7, 11) is 0. The summed E-state index contributed by atoms with van der Waals surface area (Å²) in [6.45, 7) is 4.27. The van der Waals surface area contributed by atoms with Gasteiger partial charge in [0.05, 0.1) is 18.8 Å². The predicted octanol–water partition coefficient (Wildman–Crippen LogP) is 19.8. The van der Waals surface area contributed by atoms with Crippen molar-refractivity contribution in [2.45, 2.75) is 334 Å². The van der Waals surface area contributed by atoms with Gasteiger partial charge in [-0.1, -0.05) is 313 Å². The summed E-state index contributed by atoms with van der Waals surface area (Å²) in [5.41, 5.74) is 0. The molecule has 0 aliphatic heterocycles. The van der Waals surface area contributed by atoms with Crippen molar-refractivity contribution in [3.05, 3.63) is 48.6 Å². The van der Waals surface area contributed by atoms with Crippen LogP contribution in [0.3, 0.4) is 0 Å². The van der Waals surface area contributed by atoms with Crippen molar-refractivity contribution in [2.24, 2.45) is 0 Å². The quantitative estimate of drug-likeness (QED) is 0.0420. The van der Waals surface area contributed by atoms with Gasteiger partial charge in [0.15, 0.2) is 0 Å². The van der Waals surface area contributed by atoms with Crippen LogP contribution in [0.15, 0.2) is 48.6 Å². The first kappa shape index (κ1) is 64.3. The van der Waals surface area contributed by atoms with Gasteiger partial charge in [-0.2, -0.15) is 0 Å². The summed E-state index contributed by atoms with van der Waals surface area (Å²) in [5, 5.41) is 23.3. The van der Waals surface area contributed by atoms with Crippen LogP contribution in [0, 0.1) is 0 Å². The van der Waals surface area contributed by atoms with Crippen molar-refractivity contribution in [2.75, 3.05) is 6.61 Å². The maximum Gasteiger partial charge on any atom is 0.220 e. The molecule has 4 nitrogen and oxygen atoms in total. The number of carbonyl (C=O) groups is 1. The molecule has 66 heavy (non-hydrogen) atoms. The lowest BCUT2D eigenvalue weighted by Crippen LogP contribution is -2.45. The van der Waals surface area contributed by atoms with Crippen LogP contribution < -0.4 is 5.32 Å². The van der Waals surface area contributed by atoms with E-state index in [1.54, 1.807) is 0 Å². The molecule has 0 radical (unpaired) electrons. The number of rotatable bonds is 55. The molecule has 3 N–H and O–H groups in total. The third kappa shape index (κ3) is 53.3. The highest BCUT2D eigenvalue weighted by molar-refractivity contribution is 5.76. The number of aliphatic hydroxyl groups excluding tert-OH is 2. The van der Waals surface area contributed by atoms with Gasteiger partial charge >= 0.3 is 0 Å². The molecule has 0 spiro atoms. The highest BCUT2D eigenvalue weighted by Gasteiger charge is 2.20. The largest absolute Gasteiger partial charge is 0.394 e. The van der Waals surface area contributed by atoms with Gasteiger partial charge in [0.2, 0.25) is 5.91 Å². The van der Waals surface area contributed by atoms with Gasteiger partial charge in [-0.15, -0.1) is 0 Å². The molecule has 0 rings (SSSR count). The molecule has 0 aliphatic carbocycles. The van der Waals surface area contributed by atoms with Gasteiger partial charge in [-0.25, -0.2) is 0 Å². The Labute approximate surface area is 414 Å². The van der Waals surface area contributed by atoms with E-state index < -0.39 is 12.1 Å². The van der Waals surface area contributed by atoms with Crippen molar-refractivity contribution in [3.8, 4) is 0 Å². The summed E-state index contributed by atoms with van der Waals surface area (Å²) >= 11 is 0. The Kier molecular flexibility index (Phi) is 56.2. The monoisotopic (exact) mass is 924 g/mol. The first-order valence-electron chi connectivity index (χ1n) is 29.8. The van der Waals surface area contributed by atoms with Gasteiger partial charge in [-0.05, 0) is 51.4 Å². The Balaban J connectivity index is 3.39. The van der Waals surface area contributed by atoms with Crippen LogP contribution in [-0.2, 0) is 4.79 Å². The molecule has 388 valence electrons. The topological polar surface area (TPSA) is 69.6 Å². The van der Waals surface area contributed by atoms with Gasteiger partial charge in [0.25, 0.3) is 0 Å². The van der Waals surface area contributed by atoms with Crippen LogP contribution in [0.2, 0.25) is 0 Å². The summed E-state index contributed by atoms with van der Waals surface area (Å²) in [6.07, 6.45) is 79.8. The average Bonchev–Trinajstić information content (AvgIpc) is 3.32. The van der Waals surface area contributed by atoms with Crippen LogP contribution in [-0.4, -0.2) is 34.9 Å². The molecular weight excluding hydrogens is 807 g/mol. The SMILES string of the molecule is CC/C=C\C/C=C\C/C=C\C/C=C\CCCCCCCCCCCCCCCCCCCCCCCCCCC(=O)NC(CO)C(O)CCCCCCCCCCCCCCCCCCC. The van der Waals surface area contributed by atoms with Crippen molar-refractivity contribution < 1.29 is 15.0 Å².